The minimum absolute atomic E-state index is 0.0851. The molecule has 3 rings (SSSR count). The second kappa shape index (κ2) is 6.39. The Balaban J connectivity index is 0.000000172. The van der Waals surface area contributed by atoms with Crippen LogP contribution in [-0.4, -0.2) is 17.4 Å². The largest absolute Gasteiger partial charge is 0.744 e. The molecule has 0 aliphatic rings. The van der Waals surface area contributed by atoms with Gasteiger partial charge in [-0.05, 0) is 44.0 Å². The van der Waals surface area contributed by atoms with E-state index in [0.29, 0.717) is 11.1 Å². The highest BCUT2D eigenvalue weighted by atomic mass is 32.2. The Morgan fingerprint density at radius 1 is 1.13 bits per heavy atom. The van der Waals surface area contributed by atoms with Gasteiger partial charge in [-0.25, -0.2) is 14.3 Å². The summed E-state index contributed by atoms with van der Waals surface area (Å²) < 4.78 is 36.0. The smallest absolute Gasteiger partial charge is 0.223 e. The van der Waals surface area contributed by atoms with Crippen LogP contribution in [-0.2, 0) is 10.1 Å². The van der Waals surface area contributed by atoms with Gasteiger partial charge in [0.05, 0.1) is 11.1 Å². The zero-order valence-corrected chi connectivity index (χ0v) is 14.0. The first kappa shape index (κ1) is 17.0. The summed E-state index contributed by atoms with van der Waals surface area (Å²) in [6.07, 6.45) is 7.55. The van der Waals surface area contributed by atoms with Gasteiger partial charge in [-0.15, -0.1) is 0 Å². The summed E-state index contributed by atoms with van der Waals surface area (Å²) in [5.74, 6) is 5.49. The maximum atomic E-state index is 10.8. The van der Waals surface area contributed by atoms with E-state index in [9.17, 15) is 13.0 Å². The van der Waals surface area contributed by atoms with Gasteiger partial charge in [0, 0.05) is 6.20 Å². The van der Waals surface area contributed by atoms with Crippen molar-refractivity contribution in [1.29, 1.82) is 0 Å². The second-order valence-corrected chi connectivity index (χ2v) is 6.71. The zero-order chi connectivity index (χ0) is 17.2. The van der Waals surface area contributed by atoms with E-state index in [1.165, 1.54) is 4.68 Å². The van der Waals surface area contributed by atoms with Gasteiger partial charge in [-0.2, -0.15) is 0 Å². The van der Waals surface area contributed by atoms with Gasteiger partial charge in [-0.1, -0.05) is 22.4 Å². The van der Waals surface area contributed by atoms with Crippen molar-refractivity contribution in [3.63, 3.8) is 0 Å². The van der Waals surface area contributed by atoms with Gasteiger partial charge >= 0.3 is 0 Å². The van der Waals surface area contributed by atoms with Crippen molar-refractivity contribution in [3.05, 3.63) is 65.7 Å². The van der Waals surface area contributed by atoms with E-state index in [4.69, 9.17) is 5.84 Å². The number of nitrogens with two attached hydrogens (primary N) is 1. The number of hydrogen-bond acceptors (Lipinski definition) is 4. The summed E-state index contributed by atoms with van der Waals surface area (Å²) in [5, 5.41) is 0. The predicted octanol–water partition coefficient (Wildman–Crippen LogP) is 1.46. The summed E-state index contributed by atoms with van der Waals surface area (Å²) in [7, 11) is -4.33. The van der Waals surface area contributed by atoms with Gasteiger partial charge in [0.1, 0.15) is 15.6 Å². The van der Waals surface area contributed by atoms with Crippen LogP contribution in [0.15, 0.2) is 53.9 Å². The third kappa shape index (κ3) is 4.08. The van der Waals surface area contributed by atoms with Gasteiger partial charge in [0.2, 0.25) is 12.4 Å². The molecule has 23 heavy (non-hydrogen) atoms. The second-order valence-electron chi connectivity index (χ2n) is 5.40. The summed E-state index contributed by atoms with van der Waals surface area (Å²) >= 11 is 0. The predicted molar refractivity (Wildman–Crippen MR) is 86.4 cm³/mol. The van der Waals surface area contributed by atoms with Gasteiger partial charge in [0.25, 0.3) is 0 Å². The van der Waals surface area contributed by atoms with E-state index >= 15 is 0 Å². The van der Waals surface area contributed by atoms with Crippen molar-refractivity contribution in [2.45, 2.75) is 25.7 Å². The van der Waals surface area contributed by atoms with Gasteiger partial charge < -0.3 is 8.95 Å². The number of nitrogens with zero attached hydrogens (tertiary/aromatic N) is 2. The standard InChI is InChI=1S/C9H12O3S.C7H8N3/c1-6-4-7(2)9(8(3)5-6)13(10,11)12;8-10-5-4-9-3-1-2-7(9)6-10/h4-5H,1-3H3,(H,10,11,12);1-6H,8H2/q;+1/p-1. The number of nitrogen functional groups attached to an aromatic ring is 1. The molecule has 122 valence electrons. The number of benzene rings is 1. The molecule has 0 spiro atoms. The van der Waals surface area contributed by atoms with Crippen LogP contribution in [0, 0.1) is 20.8 Å². The minimum Gasteiger partial charge on any atom is -0.744 e. The summed E-state index contributed by atoms with van der Waals surface area (Å²) in [4.78, 5) is -0.0851. The molecule has 2 aromatic heterocycles. The van der Waals surface area contributed by atoms with Crippen LogP contribution in [0.5, 0.6) is 0 Å². The molecule has 0 unspecified atom stereocenters. The van der Waals surface area contributed by atoms with Gasteiger partial charge in [0.15, 0.2) is 0 Å². The molecule has 0 bridgehead atoms. The Morgan fingerprint density at radius 3 is 2.30 bits per heavy atom. The average molecular weight is 333 g/mol. The molecule has 0 saturated carbocycles. The topological polar surface area (TPSA) is 91.5 Å². The van der Waals surface area contributed by atoms with Crippen LogP contribution >= 0.6 is 0 Å². The first-order valence-corrected chi connectivity index (χ1v) is 8.36. The molecule has 0 radical (unpaired) electrons. The summed E-state index contributed by atoms with van der Waals surface area (Å²) in [6, 6.07) is 7.37. The third-order valence-corrected chi connectivity index (χ3v) is 4.49. The number of aryl methyl sites for hydroxylation is 3. The van der Waals surface area contributed by atoms with E-state index in [1.54, 1.807) is 32.2 Å². The lowest BCUT2D eigenvalue weighted by Crippen LogP contribution is -2.43. The van der Waals surface area contributed by atoms with E-state index < -0.39 is 10.1 Å². The molecule has 0 fully saturated rings. The highest BCUT2D eigenvalue weighted by Crippen LogP contribution is 2.20. The molecule has 3 aromatic rings. The fourth-order valence-electron chi connectivity index (χ4n) is 2.56. The Hall–Kier alpha value is -2.38. The average Bonchev–Trinajstić information content (AvgIpc) is 2.83. The summed E-state index contributed by atoms with van der Waals surface area (Å²) in [5.41, 5.74) is 3.10. The zero-order valence-electron chi connectivity index (χ0n) is 13.2. The first-order valence-electron chi connectivity index (χ1n) is 6.95. The lowest BCUT2D eigenvalue weighted by atomic mass is 10.1. The lowest BCUT2D eigenvalue weighted by Gasteiger charge is -2.14. The van der Waals surface area contributed by atoms with Crippen LogP contribution in [0.4, 0.5) is 0 Å². The van der Waals surface area contributed by atoms with Crippen molar-refractivity contribution in [1.82, 2.24) is 4.40 Å². The fourth-order valence-corrected chi connectivity index (χ4v) is 3.46. The number of hydrogen-bond donors (Lipinski definition) is 1. The molecular formula is C16H19N3O3S. The quantitative estimate of drug-likeness (QED) is 0.414. The molecular weight excluding hydrogens is 314 g/mol. The van der Waals surface area contributed by atoms with Crippen LogP contribution in [0.1, 0.15) is 16.7 Å². The molecule has 0 aliphatic heterocycles. The number of fused-ring (bicyclic) bond motifs is 1. The molecule has 0 aliphatic carbocycles. The maximum absolute atomic E-state index is 10.8. The monoisotopic (exact) mass is 333 g/mol. The first-order chi connectivity index (χ1) is 10.7. The fraction of sp³-hybridized carbons (Fsp3) is 0.188. The third-order valence-electron chi connectivity index (χ3n) is 3.35. The van der Waals surface area contributed by atoms with Crippen LogP contribution < -0.4 is 10.5 Å². The van der Waals surface area contributed by atoms with Crippen LogP contribution in [0.2, 0.25) is 0 Å². The van der Waals surface area contributed by atoms with Gasteiger partial charge in [-0.3, -0.25) is 0 Å². The molecule has 2 N–H and O–H groups in total. The van der Waals surface area contributed by atoms with E-state index in [2.05, 4.69) is 0 Å². The number of aromatic nitrogens is 2. The van der Waals surface area contributed by atoms with E-state index in [0.717, 1.165) is 11.1 Å². The SMILES string of the molecule is Cc1cc(C)c(S(=O)(=O)[O-])c(C)c1.N[n+]1ccn2cccc2c1. The highest BCUT2D eigenvalue weighted by Gasteiger charge is 2.09. The lowest BCUT2D eigenvalue weighted by molar-refractivity contribution is -0.638. The Labute approximate surface area is 135 Å². The number of rotatable bonds is 1. The summed E-state index contributed by atoms with van der Waals surface area (Å²) in [6.45, 7) is 5.12. The van der Waals surface area contributed by atoms with Crippen molar-refractivity contribution in [2.75, 3.05) is 5.84 Å². The van der Waals surface area contributed by atoms with Crippen molar-refractivity contribution < 1.29 is 17.6 Å². The normalized spacial score (nSPS) is 11.1. The van der Waals surface area contributed by atoms with E-state index in [-0.39, 0.29) is 4.90 Å². The maximum Gasteiger partial charge on any atom is 0.223 e. The Bertz CT molecular complexity index is 923. The molecule has 1 aromatic carbocycles. The Morgan fingerprint density at radius 2 is 1.74 bits per heavy atom. The molecule has 0 atom stereocenters. The Kier molecular flexibility index (Phi) is 4.72. The van der Waals surface area contributed by atoms with Crippen molar-refractivity contribution in [2.24, 2.45) is 0 Å². The van der Waals surface area contributed by atoms with E-state index in [1.807, 2.05) is 42.0 Å². The highest BCUT2D eigenvalue weighted by molar-refractivity contribution is 7.85. The molecule has 0 saturated heterocycles. The molecule has 0 amide bonds. The van der Waals surface area contributed by atoms with Crippen molar-refractivity contribution >= 4 is 15.6 Å². The minimum atomic E-state index is -4.33. The van der Waals surface area contributed by atoms with Crippen LogP contribution in [0.25, 0.3) is 5.52 Å². The van der Waals surface area contributed by atoms with Crippen molar-refractivity contribution in [3.8, 4) is 0 Å². The molecule has 6 nitrogen and oxygen atoms in total. The molecule has 7 heteroatoms. The molecule has 2 heterocycles. The van der Waals surface area contributed by atoms with Crippen LogP contribution in [0.3, 0.4) is 0 Å².